The van der Waals surface area contributed by atoms with E-state index in [-0.39, 0.29) is 12.1 Å². The maximum atomic E-state index is 12.7. The third kappa shape index (κ3) is 3.74. The molecule has 0 aliphatic carbocycles. The van der Waals surface area contributed by atoms with Gasteiger partial charge in [-0.3, -0.25) is 0 Å². The molecule has 0 saturated heterocycles. The number of nitrogens with two attached hydrogens (primary N) is 1. The van der Waals surface area contributed by atoms with Crippen LogP contribution in [-0.4, -0.2) is 6.61 Å². The first-order valence-electron chi connectivity index (χ1n) is 6.06. The Balaban J connectivity index is 2.02. The van der Waals surface area contributed by atoms with E-state index in [1.54, 1.807) is 11.3 Å². The lowest BCUT2D eigenvalue weighted by molar-refractivity contribution is -0.138. The molecule has 0 radical (unpaired) electrons. The first-order chi connectivity index (χ1) is 9.50. The maximum absolute atomic E-state index is 12.7. The Morgan fingerprint density at radius 3 is 2.60 bits per heavy atom. The Labute approximate surface area is 119 Å². The molecule has 1 aromatic carbocycles. The molecule has 0 fully saturated rings. The molecule has 1 aromatic heterocycles. The number of benzene rings is 1. The van der Waals surface area contributed by atoms with Gasteiger partial charge in [0, 0.05) is 17.8 Å². The zero-order valence-corrected chi connectivity index (χ0v) is 11.4. The summed E-state index contributed by atoms with van der Waals surface area (Å²) in [5.74, 6) is 0.412. The van der Waals surface area contributed by atoms with Gasteiger partial charge in [-0.2, -0.15) is 13.2 Å². The number of halogens is 3. The van der Waals surface area contributed by atoms with Gasteiger partial charge in [0.05, 0.1) is 12.2 Å². The summed E-state index contributed by atoms with van der Waals surface area (Å²) in [5.41, 5.74) is 4.71. The molecule has 0 spiro atoms. The van der Waals surface area contributed by atoms with Crippen molar-refractivity contribution in [3.63, 3.8) is 0 Å². The lowest BCUT2D eigenvalue weighted by Gasteiger charge is -2.13. The summed E-state index contributed by atoms with van der Waals surface area (Å²) in [7, 11) is 0. The van der Waals surface area contributed by atoms with Crippen molar-refractivity contribution in [2.75, 3.05) is 6.61 Å². The van der Waals surface area contributed by atoms with Crippen molar-refractivity contribution >= 4 is 11.3 Å². The molecule has 0 unspecified atom stereocenters. The second-order valence-electron chi connectivity index (χ2n) is 4.20. The number of thiophene rings is 1. The van der Waals surface area contributed by atoms with Crippen molar-refractivity contribution in [1.82, 2.24) is 0 Å². The fourth-order valence-electron chi connectivity index (χ4n) is 1.83. The minimum absolute atomic E-state index is 0.0473. The molecule has 6 heteroatoms. The summed E-state index contributed by atoms with van der Waals surface area (Å²) in [5, 5.41) is 1.97. The number of hydrogen-bond acceptors (Lipinski definition) is 3. The fraction of sp³-hybridized carbons (Fsp3) is 0.286. The van der Waals surface area contributed by atoms with Gasteiger partial charge in [-0.25, -0.2) is 0 Å². The molecule has 0 aliphatic heterocycles. The van der Waals surface area contributed by atoms with Gasteiger partial charge in [-0.15, -0.1) is 11.3 Å². The van der Waals surface area contributed by atoms with E-state index in [1.165, 1.54) is 17.0 Å². The predicted molar refractivity (Wildman–Crippen MR) is 72.9 cm³/mol. The van der Waals surface area contributed by atoms with Gasteiger partial charge in [0.15, 0.2) is 0 Å². The lowest BCUT2D eigenvalue weighted by atomic mass is 10.1. The topological polar surface area (TPSA) is 35.2 Å². The molecule has 0 bridgehead atoms. The molecule has 2 aromatic rings. The summed E-state index contributed by atoms with van der Waals surface area (Å²) in [6.07, 6.45) is -3.65. The van der Waals surface area contributed by atoms with Crippen molar-refractivity contribution in [1.29, 1.82) is 0 Å². The van der Waals surface area contributed by atoms with E-state index in [1.807, 2.05) is 17.5 Å². The van der Waals surface area contributed by atoms with Gasteiger partial charge < -0.3 is 10.5 Å². The molecule has 2 N–H and O–H groups in total. The number of rotatable bonds is 5. The Morgan fingerprint density at radius 2 is 2.00 bits per heavy atom. The third-order valence-corrected chi connectivity index (χ3v) is 3.74. The highest BCUT2D eigenvalue weighted by Crippen LogP contribution is 2.33. The van der Waals surface area contributed by atoms with Gasteiger partial charge in [-0.1, -0.05) is 6.07 Å². The number of alkyl halides is 3. The Kier molecular flexibility index (Phi) is 4.67. The van der Waals surface area contributed by atoms with Crippen LogP contribution in [0.25, 0.3) is 0 Å². The van der Waals surface area contributed by atoms with E-state index in [0.29, 0.717) is 12.4 Å². The van der Waals surface area contributed by atoms with Gasteiger partial charge in [-0.05, 0) is 35.2 Å². The highest BCUT2D eigenvalue weighted by atomic mass is 32.1. The standard InChI is InChI=1S/C14H14F3NOS/c15-14(16,17)13-4-3-11(8-10(13)9-18)19-6-5-12-2-1-7-20-12/h1-4,7-8H,5-6,9,18H2. The van der Waals surface area contributed by atoms with Gasteiger partial charge >= 0.3 is 6.18 Å². The second kappa shape index (κ2) is 6.28. The molecule has 0 amide bonds. The summed E-state index contributed by atoms with van der Waals surface area (Å²) < 4.78 is 43.6. The lowest BCUT2D eigenvalue weighted by Crippen LogP contribution is -2.12. The Morgan fingerprint density at radius 1 is 1.20 bits per heavy atom. The predicted octanol–water partition coefficient (Wildman–Crippen LogP) is 3.85. The number of hydrogen-bond donors (Lipinski definition) is 1. The monoisotopic (exact) mass is 301 g/mol. The van der Waals surface area contributed by atoms with Crippen LogP contribution in [-0.2, 0) is 19.1 Å². The molecule has 1 heterocycles. The first-order valence-corrected chi connectivity index (χ1v) is 6.94. The minimum Gasteiger partial charge on any atom is -0.493 e. The van der Waals surface area contributed by atoms with Crippen molar-refractivity contribution in [3.05, 3.63) is 51.7 Å². The van der Waals surface area contributed by atoms with Crippen molar-refractivity contribution in [2.24, 2.45) is 5.73 Å². The van der Waals surface area contributed by atoms with Crippen LogP contribution in [0.2, 0.25) is 0 Å². The summed E-state index contributed by atoms with van der Waals surface area (Å²) in [6.45, 7) is 0.257. The van der Waals surface area contributed by atoms with Crippen LogP contribution in [0, 0.1) is 0 Å². The van der Waals surface area contributed by atoms with Crippen LogP contribution in [0.1, 0.15) is 16.0 Å². The molecule has 2 nitrogen and oxygen atoms in total. The molecule has 0 atom stereocenters. The Hall–Kier alpha value is -1.53. The fourth-order valence-corrected chi connectivity index (χ4v) is 2.52. The molecule has 20 heavy (non-hydrogen) atoms. The molecular weight excluding hydrogens is 287 g/mol. The van der Waals surface area contributed by atoms with Gasteiger partial charge in [0.25, 0.3) is 0 Å². The normalized spacial score (nSPS) is 11.6. The highest BCUT2D eigenvalue weighted by Gasteiger charge is 2.32. The number of ether oxygens (including phenoxy) is 1. The van der Waals surface area contributed by atoms with E-state index >= 15 is 0 Å². The zero-order chi connectivity index (χ0) is 14.6. The smallest absolute Gasteiger partial charge is 0.416 e. The van der Waals surface area contributed by atoms with Crippen molar-refractivity contribution < 1.29 is 17.9 Å². The van der Waals surface area contributed by atoms with Crippen LogP contribution in [0.3, 0.4) is 0 Å². The second-order valence-corrected chi connectivity index (χ2v) is 5.23. The quantitative estimate of drug-likeness (QED) is 0.910. The summed E-state index contributed by atoms with van der Waals surface area (Å²) in [4.78, 5) is 1.18. The zero-order valence-electron chi connectivity index (χ0n) is 10.6. The molecular formula is C14H14F3NOS. The van der Waals surface area contributed by atoms with E-state index in [4.69, 9.17) is 10.5 Å². The maximum Gasteiger partial charge on any atom is 0.416 e. The summed E-state index contributed by atoms with van der Waals surface area (Å²) >= 11 is 1.62. The van der Waals surface area contributed by atoms with Crippen molar-refractivity contribution in [3.8, 4) is 5.75 Å². The SMILES string of the molecule is NCc1cc(OCCc2cccs2)ccc1C(F)(F)F. The van der Waals surface area contributed by atoms with Crippen LogP contribution in [0.15, 0.2) is 35.7 Å². The van der Waals surface area contributed by atoms with Gasteiger partial charge in [0.1, 0.15) is 5.75 Å². The largest absolute Gasteiger partial charge is 0.493 e. The van der Waals surface area contributed by atoms with Gasteiger partial charge in [0.2, 0.25) is 0 Å². The third-order valence-electron chi connectivity index (χ3n) is 2.80. The van der Waals surface area contributed by atoms with E-state index in [2.05, 4.69) is 0 Å². The molecule has 0 saturated carbocycles. The molecule has 0 aliphatic rings. The van der Waals surface area contributed by atoms with E-state index < -0.39 is 11.7 Å². The minimum atomic E-state index is -4.38. The molecule has 108 valence electrons. The average Bonchev–Trinajstić information content (AvgIpc) is 2.90. The Bertz CT molecular complexity index is 552. The van der Waals surface area contributed by atoms with Crippen LogP contribution in [0.4, 0.5) is 13.2 Å². The van der Waals surface area contributed by atoms with Crippen LogP contribution < -0.4 is 10.5 Å². The van der Waals surface area contributed by atoms with E-state index in [9.17, 15) is 13.2 Å². The van der Waals surface area contributed by atoms with E-state index in [0.717, 1.165) is 12.5 Å². The van der Waals surface area contributed by atoms with Crippen molar-refractivity contribution in [2.45, 2.75) is 19.1 Å². The summed E-state index contributed by atoms with van der Waals surface area (Å²) in [6, 6.07) is 7.65. The molecule has 2 rings (SSSR count). The average molecular weight is 301 g/mol. The van der Waals surface area contributed by atoms with Crippen LogP contribution in [0.5, 0.6) is 5.75 Å². The van der Waals surface area contributed by atoms with Crippen LogP contribution >= 0.6 is 11.3 Å². The first kappa shape index (κ1) is 14.9. The highest BCUT2D eigenvalue weighted by molar-refractivity contribution is 7.09.